The summed E-state index contributed by atoms with van der Waals surface area (Å²) >= 11 is 5.43. The van der Waals surface area contributed by atoms with Gasteiger partial charge >= 0.3 is 0 Å². The van der Waals surface area contributed by atoms with Crippen molar-refractivity contribution in [1.29, 1.82) is 0 Å². The van der Waals surface area contributed by atoms with Crippen molar-refractivity contribution in [2.75, 3.05) is 20.6 Å². The lowest BCUT2D eigenvalue weighted by atomic mass is 9.96. The monoisotopic (exact) mass is 306 g/mol. The molecule has 1 aliphatic rings. The lowest BCUT2D eigenvalue weighted by Crippen LogP contribution is -2.45. The zero-order chi connectivity index (χ0) is 15.1. The molecule has 1 aromatic heterocycles. The molecule has 1 aromatic rings. The SMILES string of the molecule is CN(C)C(CNC(=S)NC1CCCCC1)c1cccnc1. The Hall–Kier alpha value is -1.20. The van der Waals surface area contributed by atoms with E-state index in [1.54, 1.807) is 6.20 Å². The predicted molar refractivity (Wildman–Crippen MR) is 91.3 cm³/mol. The molecule has 2 N–H and O–H groups in total. The maximum Gasteiger partial charge on any atom is 0.166 e. The Kier molecular flexibility index (Phi) is 6.39. The molecule has 1 saturated carbocycles. The molecule has 0 aromatic carbocycles. The number of aromatic nitrogens is 1. The van der Waals surface area contributed by atoms with Crippen LogP contribution in [0.2, 0.25) is 0 Å². The van der Waals surface area contributed by atoms with Crippen LogP contribution in [-0.4, -0.2) is 41.7 Å². The van der Waals surface area contributed by atoms with E-state index in [9.17, 15) is 0 Å². The average Bonchev–Trinajstić information content (AvgIpc) is 2.49. The molecule has 1 fully saturated rings. The second kappa shape index (κ2) is 8.29. The molecule has 0 saturated heterocycles. The zero-order valence-electron chi connectivity index (χ0n) is 13.0. The summed E-state index contributed by atoms with van der Waals surface area (Å²) in [7, 11) is 4.16. The molecule has 0 aliphatic heterocycles. The Balaban J connectivity index is 1.82. The van der Waals surface area contributed by atoms with E-state index < -0.39 is 0 Å². The molecule has 116 valence electrons. The zero-order valence-corrected chi connectivity index (χ0v) is 13.8. The maximum absolute atomic E-state index is 5.43. The summed E-state index contributed by atoms with van der Waals surface area (Å²) in [4.78, 5) is 6.39. The van der Waals surface area contributed by atoms with E-state index in [1.165, 1.54) is 37.7 Å². The quantitative estimate of drug-likeness (QED) is 0.818. The van der Waals surface area contributed by atoms with E-state index in [0.29, 0.717) is 6.04 Å². The van der Waals surface area contributed by atoms with Crippen molar-refractivity contribution < 1.29 is 0 Å². The van der Waals surface area contributed by atoms with Gasteiger partial charge in [-0.2, -0.15) is 0 Å². The number of hydrogen-bond donors (Lipinski definition) is 2. The topological polar surface area (TPSA) is 40.2 Å². The fourth-order valence-corrected chi connectivity index (χ4v) is 3.09. The van der Waals surface area contributed by atoms with Gasteiger partial charge in [0.05, 0.1) is 6.04 Å². The largest absolute Gasteiger partial charge is 0.361 e. The molecule has 1 atom stereocenters. The molecule has 4 nitrogen and oxygen atoms in total. The number of nitrogens with one attached hydrogen (secondary N) is 2. The standard InChI is InChI=1S/C16H26N4S/c1-20(2)15(13-7-6-10-17-11-13)12-18-16(21)19-14-8-4-3-5-9-14/h6-7,10-11,14-15H,3-5,8-9,12H2,1-2H3,(H2,18,19,21). The first-order chi connectivity index (χ1) is 10.2. The Morgan fingerprint density at radius 3 is 2.76 bits per heavy atom. The van der Waals surface area contributed by atoms with Crippen LogP contribution >= 0.6 is 12.2 Å². The molecule has 0 bridgehead atoms. The van der Waals surface area contributed by atoms with Crippen LogP contribution in [0.4, 0.5) is 0 Å². The Bertz CT molecular complexity index is 429. The highest BCUT2D eigenvalue weighted by molar-refractivity contribution is 7.80. The van der Waals surface area contributed by atoms with Crippen molar-refractivity contribution in [2.24, 2.45) is 0 Å². The molecule has 1 unspecified atom stereocenters. The van der Waals surface area contributed by atoms with Crippen LogP contribution in [0.25, 0.3) is 0 Å². The third-order valence-electron chi connectivity index (χ3n) is 4.09. The van der Waals surface area contributed by atoms with Gasteiger partial charge in [-0.3, -0.25) is 4.98 Å². The number of nitrogens with zero attached hydrogens (tertiary/aromatic N) is 2. The van der Waals surface area contributed by atoms with E-state index >= 15 is 0 Å². The van der Waals surface area contributed by atoms with Crippen LogP contribution in [0.3, 0.4) is 0 Å². The summed E-state index contributed by atoms with van der Waals surface area (Å²) in [6, 6.07) is 4.90. The van der Waals surface area contributed by atoms with Crippen LogP contribution < -0.4 is 10.6 Å². The molecule has 1 heterocycles. The van der Waals surface area contributed by atoms with Crippen molar-refractivity contribution in [1.82, 2.24) is 20.5 Å². The van der Waals surface area contributed by atoms with Gasteiger partial charge in [-0.15, -0.1) is 0 Å². The Labute approximate surface area is 133 Å². The van der Waals surface area contributed by atoms with Gasteiger partial charge in [0.2, 0.25) is 0 Å². The Morgan fingerprint density at radius 1 is 1.38 bits per heavy atom. The van der Waals surface area contributed by atoms with E-state index in [1.807, 2.05) is 12.3 Å². The molecule has 5 heteroatoms. The lowest BCUT2D eigenvalue weighted by Gasteiger charge is -2.28. The number of rotatable bonds is 5. The van der Waals surface area contributed by atoms with Crippen LogP contribution in [-0.2, 0) is 0 Å². The van der Waals surface area contributed by atoms with Crippen LogP contribution in [0, 0.1) is 0 Å². The van der Waals surface area contributed by atoms with E-state index in [2.05, 4.69) is 40.7 Å². The van der Waals surface area contributed by atoms with E-state index in [4.69, 9.17) is 12.2 Å². The number of thiocarbonyl (C=S) groups is 1. The average molecular weight is 306 g/mol. The number of hydrogen-bond acceptors (Lipinski definition) is 3. The van der Waals surface area contributed by atoms with Gasteiger partial charge in [0, 0.05) is 25.0 Å². The van der Waals surface area contributed by atoms with Crippen LogP contribution in [0.5, 0.6) is 0 Å². The van der Waals surface area contributed by atoms with Gasteiger partial charge < -0.3 is 15.5 Å². The molecule has 21 heavy (non-hydrogen) atoms. The van der Waals surface area contributed by atoms with E-state index in [-0.39, 0.29) is 6.04 Å². The van der Waals surface area contributed by atoms with Crippen molar-refractivity contribution in [3.05, 3.63) is 30.1 Å². The molecule has 2 rings (SSSR count). The molecule has 1 aliphatic carbocycles. The van der Waals surface area contributed by atoms with Crippen molar-refractivity contribution >= 4 is 17.3 Å². The smallest absolute Gasteiger partial charge is 0.166 e. The van der Waals surface area contributed by atoms with Gasteiger partial charge in [-0.05, 0) is 50.8 Å². The van der Waals surface area contributed by atoms with Gasteiger partial charge in [-0.25, -0.2) is 0 Å². The summed E-state index contributed by atoms with van der Waals surface area (Å²) in [5, 5.41) is 7.59. The summed E-state index contributed by atoms with van der Waals surface area (Å²) in [5.41, 5.74) is 1.20. The van der Waals surface area contributed by atoms with E-state index in [0.717, 1.165) is 11.7 Å². The minimum absolute atomic E-state index is 0.268. The fraction of sp³-hybridized carbons (Fsp3) is 0.625. The molecule has 0 radical (unpaired) electrons. The summed E-state index contributed by atoms with van der Waals surface area (Å²) in [6.07, 6.45) is 10.2. The molecule has 0 spiro atoms. The number of pyridine rings is 1. The molecular formula is C16H26N4S. The third-order valence-corrected chi connectivity index (χ3v) is 4.35. The maximum atomic E-state index is 5.43. The number of likely N-dealkylation sites (N-methyl/N-ethyl adjacent to an activating group) is 1. The highest BCUT2D eigenvalue weighted by Crippen LogP contribution is 2.18. The second-order valence-corrected chi connectivity index (χ2v) is 6.36. The highest BCUT2D eigenvalue weighted by Gasteiger charge is 2.17. The fourth-order valence-electron chi connectivity index (χ4n) is 2.84. The summed E-state index contributed by atoms with van der Waals surface area (Å²) < 4.78 is 0. The molecule has 0 amide bonds. The Morgan fingerprint density at radius 2 is 2.14 bits per heavy atom. The predicted octanol–water partition coefficient (Wildman–Crippen LogP) is 2.48. The van der Waals surface area contributed by atoms with Gasteiger partial charge in [-0.1, -0.05) is 25.3 Å². The lowest BCUT2D eigenvalue weighted by molar-refractivity contribution is 0.297. The second-order valence-electron chi connectivity index (χ2n) is 5.96. The van der Waals surface area contributed by atoms with Crippen molar-refractivity contribution in [2.45, 2.75) is 44.2 Å². The van der Waals surface area contributed by atoms with Crippen LogP contribution in [0.15, 0.2) is 24.5 Å². The third kappa shape index (κ3) is 5.25. The summed E-state index contributed by atoms with van der Waals surface area (Å²) in [6.45, 7) is 0.789. The first kappa shape index (κ1) is 16.2. The van der Waals surface area contributed by atoms with Crippen LogP contribution in [0.1, 0.15) is 43.7 Å². The van der Waals surface area contributed by atoms with Gasteiger partial charge in [0.1, 0.15) is 0 Å². The van der Waals surface area contributed by atoms with Gasteiger partial charge in [0.15, 0.2) is 5.11 Å². The van der Waals surface area contributed by atoms with Crippen molar-refractivity contribution in [3.8, 4) is 0 Å². The summed E-state index contributed by atoms with van der Waals surface area (Å²) in [5.74, 6) is 0. The normalized spacial score (nSPS) is 17.5. The van der Waals surface area contributed by atoms with Crippen molar-refractivity contribution in [3.63, 3.8) is 0 Å². The minimum Gasteiger partial charge on any atom is -0.361 e. The minimum atomic E-state index is 0.268. The highest BCUT2D eigenvalue weighted by atomic mass is 32.1. The first-order valence-corrected chi connectivity index (χ1v) is 8.18. The first-order valence-electron chi connectivity index (χ1n) is 7.77. The van der Waals surface area contributed by atoms with Gasteiger partial charge in [0.25, 0.3) is 0 Å². The molecular weight excluding hydrogens is 280 g/mol.